The van der Waals surface area contributed by atoms with Crippen LogP contribution in [0.1, 0.15) is 51.6 Å². The molecule has 0 saturated carbocycles. The van der Waals surface area contributed by atoms with Crippen LogP contribution in [0.2, 0.25) is 0 Å². The van der Waals surface area contributed by atoms with Gasteiger partial charge in [0.05, 0.1) is 6.04 Å². The standard InChI is InChI=1S/C16H19F2NO3/c1-16(2,3)22-15(21)19-13(5-4-6-14(19)20)10-7-11(17)9-12(18)8-10/h7-9,13H,4-6H2,1-3H3/t13-/m0/s1. The van der Waals surface area contributed by atoms with Gasteiger partial charge in [0.25, 0.3) is 0 Å². The lowest BCUT2D eigenvalue weighted by molar-refractivity contribution is -0.135. The quantitative estimate of drug-likeness (QED) is 0.789. The van der Waals surface area contributed by atoms with E-state index in [1.807, 2.05) is 0 Å². The third-order valence-electron chi connectivity index (χ3n) is 3.31. The van der Waals surface area contributed by atoms with Crippen LogP contribution in [0, 0.1) is 11.6 Å². The second-order valence-electron chi connectivity index (χ2n) is 6.35. The monoisotopic (exact) mass is 311 g/mol. The van der Waals surface area contributed by atoms with E-state index in [0.717, 1.165) is 23.1 Å². The molecule has 0 spiro atoms. The smallest absolute Gasteiger partial charge is 0.417 e. The molecular formula is C16H19F2NO3. The van der Waals surface area contributed by atoms with E-state index in [4.69, 9.17) is 4.74 Å². The van der Waals surface area contributed by atoms with Gasteiger partial charge in [-0.15, -0.1) is 0 Å². The van der Waals surface area contributed by atoms with Crippen molar-refractivity contribution >= 4 is 12.0 Å². The lowest BCUT2D eigenvalue weighted by Crippen LogP contribution is -2.45. The molecule has 1 aliphatic heterocycles. The van der Waals surface area contributed by atoms with E-state index in [1.54, 1.807) is 20.8 Å². The van der Waals surface area contributed by atoms with Gasteiger partial charge in [0.2, 0.25) is 5.91 Å². The van der Waals surface area contributed by atoms with E-state index >= 15 is 0 Å². The molecule has 2 rings (SSSR count). The average molecular weight is 311 g/mol. The molecule has 0 aromatic heterocycles. The summed E-state index contributed by atoms with van der Waals surface area (Å²) in [4.78, 5) is 25.4. The summed E-state index contributed by atoms with van der Waals surface area (Å²) in [7, 11) is 0. The number of piperidine rings is 1. The van der Waals surface area contributed by atoms with Crippen LogP contribution in [0.25, 0.3) is 0 Å². The van der Waals surface area contributed by atoms with E-state index < -0.39 is 35.3 Å². The molecule has 0 N–H and O–H groups in total. The Hall–Kier alpha value is -1.98. The molecule has 1 fully saturated rings. The van der Waals surface area contributed by atoms with Gasteiger partial charge >= 0.3 is 6.09 Å². The highest BCUT2D eigenvalue weighted by molar-refractivity contribution is 5.93. The molecule has 4 nitrogen and oxygen atoms in total. The van der Waals surface area contributed by atoms with E-state index in [9.17, 15) is 18.4 Å². The fourth-order valence-electron chi connectivity index (χ4n) is 2.49. The molecule has 2 amide bonds. The first-order chi connectivity index (χ1) is 10.2. The van der Waals surface area contributed by atoms with Crippen LogP contribution < -0.4 is 0 Å². The fourth-order valence-corrected chi connectivity index (χ4v) is 2.49. The Morgan fingerprint density at radius 1 is 1.23 bits per heavy atom. The third kappa shape index (κ3) is 3.81. The van der Waals surface area contributed by atoms with Crippen molar-refractivity contribution in [1.29, 1.82) is 0 Å². The second kappa shape index (κ2) is 6.02. The van der Waals surface area contributed by atoms with Gasteiger partial charge in [-0.25, -0.2) is 18.5 Å². The summed E-state index contributed by atoms with van der Waals surface area (Å²) in [5.74, 6) is -1.87. The first kappa shape index (κ1) is 16.4. The summed E-state index contributed by atoms with van der Waals surface area (Å²) >= 11 is 0. The number of carbonyl (C=O) groups is 2. The van der Waals surface area contributed by atoms with Gasteiger partial charge in [0.1, 0.15) is 17.2 Å². The number of rotatable bonds is 1. The van der Waals surface area contributed by atoms with E-state index in [1.165, 1.54) is 0 Å². The van der Waals surface area contributed by atoms with Crippen LogP contribution in [-0.2, 0) is 9.53 Å². The topological polar surface area (TPSA) is 46.6 Å². The number of ether oxygens (including phenoxy) is 1. The predicted molar refractivity (Wildman–Crippen MR) is 76.0 cm³/mol. The van der Waals surface area contributed by atoms with Crippen molar-refractivity contribution in [3.8, 4) is 0 Å². The number of nitrogens with zero attached hydrogens (tertiary/aromatic N) is 1. The minimum atomic E-state index is -0.785. The molecule has 1 aromatic carbocycles. The molecular weight excluding hydrogens is 292 g/mol. The molecule has 1 heterocycles. The Morgan fingerprint density at radius 3 is 2.36 bits per heavy atom. The number of amides is 2. The molecule has 1 aliphatic rings. The largest absolute Gasteiger partial charge is 0.443 e. The number of imide groups is 1. The van der Waals surface area contributed by atoms with E-state index in [2.05, 4.69) is 0 Å². The summed E-state index contributed by atoms with van der Waals surface area (Å²) in [6, 6.07) is 2.33. The minimum Gasteiger partial charge on any atom is -0.443 e. The number of hydrogen-bond donors (Lipinski definition) is 0. The second-order valence-corrected chi connectivity index (χ2v) is 6.35. The Morgan fingerprint density at radius 2 is 1.82 bits per heavy atom. The molecule has 22 heavy (non-hydrogen) atoms. The molecule has 0 radical (unpaired) electrons. The van der Waals surface area contributed by atoms with Crippen LogP contribution in [0.3, 0.4) is 0 Å². The van der Waals surface area contributed by atoms with Crippen molar-refractivity contribution in [2.45, 2.75) is 51.7 Å². The molecule has 0 bridgehead atoms. The molecule has 6 heteroatoms. The Balaban J connectivity index is 2.34. The van der Waals surface area contributed by atoms with E-state index in [-0.39, 0.29) is 12.0 Å². The number of carbonyl (C=O) groups excluding carboxylic acids is 2. The zero-order valence-corrected chi connectivity index (χ0v) is 12.9. The van der Waals surface area contributed by atoms with Crippen LogP contribution >= 0.6 is 0 Å². The van der Waals surface area contributed by atoms with Crippen LogP contribution in [-0.4, -0.2) is 22.5 Å². The highest BCUT2D eigenvalue weighted by Gasteiger charge is 2.37. The van der Waals surface area contributed by atoms with Gasteiger partial charge in [0.15, 0.2) is 0 Å². The van der Waals surface area contributed by atoms with Crippen molar-refractivity contribution in [2.75, 3.05) is 0 Å². The zero-order valence-electron chi connectivity index (χ0n) is 12.9. The van der Waals surface area contributed by atoms with Crippen LogP contribution in [0.5, 0.6) is 0 Å². The summed E-state index contributed by atoms with van der Waals surface area (Å²) in [6.07, 6.45) is 0.439. The molecule has 0 unspecified atom stereocenters. The Labute approximate surface area is 128 Å². The molecule has 1 saturated heterocycles. The van der Waals surface area contributed by atoms with Gasteiger partial charge in [-0.2, -0.15) is 0 Å². The SMILES string of the molecule is CC(C)(C)OC(=O)N1C(=O)CCC[C@H]1c1cc(F)cc(F)c1. The van der Waals surface area contributed by atoms with Gasteiger partial charge in [-0.05, 0) is 51.3 Å². The van der Waals surface area contributed by atoms with Gasteiger partial charge in [0, 0.05) is 12.5 Å². The lowest BCUT2D eigenvalue weighted by Gasteiger charge is -2.35. The molecule has 1 aromatic rings. The fraction of sp³-hybridized carbons (Fsp3) is 0.500. The highest BCUT2D eigenvalue weighted by atomic mass is 19.1. The minimum absolute atomic E-state index is 0.216. The van der Waals surface area contributed by atoms with Gasteiger partial charge in [-0.3, -0.25) is 4.79 Å². The van der Waals surface area contributed by atoms with Crippen molar-refractivity contribution in [1.82, 2.24) is 4.90 Å². The molecule has 120 valence electrons. The lowest BCUT2D eigenvalue weighted by atomic mass is 9.95. The normalized spacial score (nSPS) is 19.2. The maximum absolute atomic E-state index is 13.4. The first-order valence-electron chi connectivity index (χ1n) is 7.18. The van der Waals surface area contributed by atoms with Crippen molar-refractivity contribution in [3.05, 3.63) is 35.4 Å². The maximum atomic E-state index is 13.4. The average Bonchev–Trinajstić information content (AvgIpc) is 2.34. The molecule has 0 aliphatic carbocycles. The number of hydrogen-bond acceptors (Lipinski definition) is 3. The summed E-state index contributed by atoms with van der Waals surface area (Å²) in [5, 5.41) is 0. The van der Waals surface area contributed by atoms with Crippen LogP contribution in [0.4, 0.5) is 13.6 Å². The number of halogens is 2. The van der Waals surface area contributed by atoms with Crippen molar-refractivity contribution in [3.63, 3.8) is 0 Å². The Bertz CT molecular complexity index is 575. The molecule has 1 atom stereocenters. The van der Waals surface area contributed by atoms with Gasteiger partial charge < -0.3 is 4.74 Å². The van der Waals surface area contributed by atoms with E-state index in [0.29, 0.717) is 12.8 Å². The third-order valence-corrected chi connectivity index (χ3v) is 3.31. The number of benzene rings is 1. The van der Waals surface area contributed by atoms with Gasteiger partial charge in [-0.1, -0.05) is 0 Å². The van der Waals surface area contributed by atoms with Crippen molar-refractivity contribution in [2.24, 2.45) is 0 Å². The highest BCUT2D eigenvalue weighted by Crippen LogP contribution is 2.33. The first-order valence-corrected chi connectivity index (χ1v) is 7.18. The van der Waals surface area contributed by atoms with Crippen LogP contribution in [0.15, 0.2) is 18.2 Å². The zero-order chi connectivity index (χ0) is 16.5. The van der Waals surface area contributed by atoms with Crippen molar-refractivity contribution < 1.29 is 23.1 Å². The summed E-state index contributed by atoms with van der Waals surface area (Å²) in [5.41, 5.74) is -0.497. The maximum Gasteiger partial charge on any atom is 0.417 e. The number of likely N-dealkylation sites (tertiary alicyclic amines) is 1. The summed E-state index contributed by atoms with van der Waals surface area (Å²) < 4.78 is 32.1. The Kier molecular flexibility index (Phi) is 4.49. The summed E-state index contributed by atoms with van der Waals surface area (Å²) in [6.45, 7) is 5.07. The predicted octanol–water partition coefficient (Wildman–Crippen LogP) is 3.95.